The molecule has 0 radical (unpaired) electrons. The lowest BCUT2D eigenvalue weighted by Crippen LogP contribution is -2.32. The Balaban J connectivity index is 2.02. The van der Waals surface area contributed by atoms with Crippen molar-refractivity contribution in [3.8, 4) is 0 Å². The topological polar surface area (TPSA) is 48.0 Å². The second-order valence-electron chi connectivity index (χ2n) is 6.09. The van der Waals surface area contributed by atoms with Crippen LogP contribution in [0.1, 0.15) is 44.1 Å². The number of hydroxylamine groups is 2. The van der Waals surface area contributed by atoms with Gasteiger partial charge in [0.2, 0.25) is 5.91 Å². The first-order chi connectivity index (χ1) is 12.0. The summed E-state index contributed by atoms with van der Waals surface area (Å²) < 4.78 is 11.4. The van der Waals surface area contributed by atoms with Crippen molar-refractivity contribution in [1.82, 2.24) is 5.06 Å². The summed E-state index contributed by atoms with van der Waals surface area (Å²) >= 11 is 12.2. The molecule has 0 spiro atoms. The van der Waals surface area contributed by atoms with Gasteiger partial charge in [-0.3, -0.25) is 9.63 Å². The number of hydrogen-bond acceptors (Lipinski definition) is 4. The zero-order valence-electron chi connectivity index (χ0n) is 14.7. The van der Waals surface area contributed by atoms with E-state index in [9.17, 15) is 4.79 Å². The van der Waals surface area contributed by atoms with Crippen molar-refractivity contribution in [2.45, 2.75) is 44.8 Å². The van der Waals surface area contributed by atoms with Crippen LogP contribution in [0, 0.1) is 0 Å². The van der Waals surface area contributed by atoms with Crippen molar-refractivity contribution in [3.05, 3.63) is 33.8 Å². The zero-order chi connectivity index (χ0) is 18.2. The van der Waals surface area contributed by atoms with Crippen molar-refractivity contribution in [2.24, 2.45) is 0 Å². The lowest BCUT2D eigenvalue weighted by molar-refractivity contribution is -0.177. The van der Waals surface area contributed by atoms with E-state index in [0.29, 0.717) is 29.6 Å². The number of ether oxygens (including phenoxy) is 2. The van der Waals surface area contributed by atoms with Crippen LogP contribution in [-0.4, -0.2) is 44.1 Å². The van der Waals surface area contributed by atoms with E-state index in [2.05, 4.69) is 0 Å². The Kier molecular flexibility index (Phi) is 8.46. The molecule has 1 fully saturated rings. The highest BCUT2D eigenvalue weighted by Crippen LogP contribution is 2.29. The fourth-order valence-electron chi connectivity index (χ4n) is 2.85. The summed E-state index contributed by atoms with van der Waals surface area (Å²) in [5.41, 5.74) is 0.992. The van der Waals surface area contributed by atoms with Crippen LogP contribution in [0.3, 0.4) is 0 Å². The molecule has 0 aromatic heterocycles. The quantitative estimate of drug-likeness (QED) is 0.617. The summed E-state index contributed by atoms with van der Waals surface area (Å²) in [7, 11) is 1.49. The van der Waals surface area contributed by atoms with Gasteiger partial charge in [0.25, 0.3) is 0 Å². The van der Waals surface area contributed by atoms with E-state index in [1.165, 1.54) is 19.1 Å². The molecule has 5 nitrogen and oxygen atoms in total. The Morgan fingerprint density at radius 2 is 2.16 bits per heavy atom. The minimum absolute atomic E-state index is 0.0159. The maximum atomic E-state index is 11.7. The fourth-order valence-corrected chi connectivity index (χ4v) is 3.15. The third kappa shape index (κ3) is 6.42. The summed E-state index contributed by atoms with van der Waals surface area (Å²) in [6.45, 7) is 3.17. The smallest absolute Gasteiger partial charge is 0.243 e. The molecule has 0 saturated carbocycles. The first kappa shape index (κ1) is 20.5. The predicted octanol–water partition coefficient (Wildman–Crippen LogP) is 4.42. The number of carbonyl (C=O) groups is 1. The SMILES string of the molecule is CON(CC(CCOC1CCCCO1)c1ccc(Cl)c(Cl)c1)C(C)=O. The van der Waals surface area contributed by atoms with Crippen LogP contribution >= 0.6 is 23.2 Å². The van der Waals surface area contributed by atoms with Crippen LogP contribution in [-0.2, 0) is 19.1 Å². The van der Waals surface area contributed by atoms with Crippen molar-refractivity contribution < 1.29 is 19.1 Å². The molecular weight excluding hydrogens is 365 g/mol. The summed E-state index contributed by atoms with van der Waals surface area (Å²) in [4.78, 5) is 16.9. The third-order valence-corrected chi connectivity index (χ3v) is 5.02. The first-order valence-electron chi connectivity index (χ1n) is 8.51. The Bertz CT molecular complexity index is 564. The van der Waals surface area contributed by atoms with E-state index < -0.39 is 0 Å². The maximum absolute atomic E-state index is 11.7. The second-order valence-corrected chi connectivity index (χ2v) is 6.90. The monoisotopic (exact) mass is 389 g/mol. The number of benzene rings is 1. The Morgan fingerprint density at radius 3 is 2.76 bits per heavy atom. The van der Waals surface area contributed by atoms with Gasteiger partial charge in [-0.2, -0.15) is 0 Å². The second kappa shape index (κ2) is 10.3. The number of halogens is 2. The molecule has 1 aromatic rings. The molecular formula is C18H25Cl2NO4. The van der Waals surface area contributed by atoms with Crippen LogP contribution in [0.15, 0.2) is 18.2 Å². The molecule has 1 amide bonds. The lowest BCUT2D eigenvalue weighted by Gasteiger charge is -2.27. The van der Waals surface area contributed by atoms with Gasteiger partial charge in [0, 0.05) is 19.4 Å². The largest absolute Gasteiger partial charge is 0.353 e. The highest BCUT2D eigenvalue weighted by atomic mass is 35.5. The van der Waals surface area contributed by atoms with E-state index in [1.807, 2.05) is 12.1 Å². The molecule has 2 atom stereocenters. The van der Waals surface area contributed by atoms with Gasteiger partial charge in [0.05, 0.1) is 30.3 Å². The molecule has 1 saturated heterocycles. The normalized spacial score (nSPS) is 18.8. The number of rotatable bonds is 8. The zero-order valence-corrected chi connectivity index (χ0v) is 16.2. The predicted molar refractivity (Wildman–Crippen MR) is 97.8 cm³/mol. The van der Waals surface area contributed by atoms with Crippen molar-refractivity contribution in [1.29, 1.82) is 0 Å². The maximum Gasteiger partial charge on any atom is 0.243 e. The average molecular weight is 390 g/mol. The van der Waals surface area contributed by atoms with Crippen LogP contribution in [0.5, 0.6) is 0 Å². The molecule has 0 N–H and O–H groups in total. The van der Waals surface area contributed by atoms with E-state index in [1.54, 1.807) is 6.07 Å². The van der Waals surface area contributed by atoms with Gasteiger partial charge >= 0.3 is 0 Å². The molecule has 25 heavy (non-hydrogen) atoms. The third-order valence-electron chi connectivity index (χ3n) is 4.28. The summed E-state index contributed by atoms with van der Waals surface area (Å²) in [5, 5.41) is 2.34. The van der Waals surface area contributed by atoms with E-state index in [-0.39, 0.29) is 18.1 Å². The molecule has 1 aromatic carbocycles. The van der Waals surface area contributed by atoms with Gasteiger partial charge < -0.3 is 9.47 Å². The number of carbonyl (C=O) groups excluding carboxylic acids is 1. The van der Waals surface area contributed by atoms with Crippen molar-refractivity contribution in [3.63, 3.8) is 0 Å². The van der Waals surface area contributed by atoms with Gasteiger partial charge in [-0.15, -0.1) is 0 Å². The average Bonchev–Trinajstić information content (AvgIpc) is 2.61. The van der Waals surface area contributed by atoms with Gasteiger partial charge in [0.1, 0.15) is 0 Å². The van der Waals surface area contributed by atoms with Crippen LogP contribution in [0.2, 0.25) is 10.0 Å². The fraction of sp³-hybridized carbons (Fsp3) is 0.611. The lowest BCUT2D eigenvalue weighted by atomic mass is 9.95. The Labute approximate surface area is 159 Å². The molecule has 1 aliphatic rings. The molecule has 140 valence electrons. The van der Waals surface area contributed by atoms with Gasteiger partial charge in [-0.25, -0.2) is 5.06 Å². The van der Waals surface area contributed by atoms with Gasteiger partial charge in [0.15, 0.2) is 6.29 Å². The molecule has 1 aliphatic heterocycles. The number of hydrogen-bond donors (Lipinski definition) is 0. The van der Waals surface area contributed by atoms with Gasteiger partial charge in [-0.1, -0.05) is 29.3 Å². The summed E-state index contributed by atoms with van der Waals surface area (Å²) in [5.74, 6) is -0.133. The van der Waals surface area contributed by atoms with E-state index >= 15 is 0 Å². The molecule has 0 bridgehead atoms. The first-order valence-corrected chi connectivity index (χ1v) is 9.27. The number of amides is 1. The van der Waals surface area contributed by atoms with E-state index in [0.717, 1.165) is 31.4 Å². The summed E-state index contributed by atoms with van der Waals surface area (Å²) in [6.07, 6.45) is 3.73. The standard InChI is InChI=1S/C18H25Cl2NO4/c1-13(22)21(23-2)12-15(14-6-7-16(19)17(20)11-14)8-10-25-18-5-3-4-9-24-18/h6-7,11,15,18H,3-5,8-10,12H2,1-2H3. The van der Waals surface area contributed by atoms with Crippen molar-refractivity contribution >= 4 is 29.1 Å². The Hall–Kier alpha value is -0.850. The van der Waals surface area contributed by atoms with Crippen molar-refractivity contribution in [2.75, 3.05) is 26.9 Å². The Morgan fingerprint density at radius 1 is 1.36 bits per heavy atom. The van der Waals surface area contributed by atoms with E-state index in [4.69, 9.17) is 37.5 Å². The highest BCUT2D eigenvalue weighted by molar-refractivity contribution is 6.42. The molecule has 7 heteroatoms. The molecule has 2 unspecified atom stereocenters. The van der Waals surface area contributed by atoms with Crippen LogP contribution in [0.25, 0.3) is 0 Å². The molecule has 2 rings (SSSR count). The summed E-state index contributed by atoms with van der Waals surface area (Å²) in [6, 6.07) is 5.52. The van der Waals surface area contributed by atoms with Crippen LogP contribution in [0.4, 0.5) is 0 Å². The minimum Gasteiger partial charge on any atom is -0.353 e. The highest BCUT2D eigenvalue weighted by Gasteiger charge is 2.21. The number of nitrogens with zero attached hydrogens (tertiary/aromatic N) is 1. The van der Waals surface area contributed by atoms with Crippen LogP contribution < -0.4 is 0 Å². The van der Waals surface area contributed by atoms with Gasteiger partial charge in [-0.05, 0) is 43.4 Å². The minimum atomic E-state index is -0.149. The molecule has 0 aliphatic carbocycles. The molecule has 1 heterocycles.